The standard InChI is InChI=1S/C23H39N4PS/c1-22(2,3)26-19-14-10-11-15-20(19)27(23(4,5)6)28(26)17-16-24-21(29)25-18-12-8-7-9-13-18/h7-9,12-13,19-20H,10-11,14-17H2,1-6H3,(H2,24,25,29)/t19-,20-/m1/s1. The fourth-order valence-corrected chi connectivity index (χ4v) is 8.76. The first kappa shape index (κ1) is 22.9. The molecule has 0 bridgehead atoms. The third-order valence-electron chi connectivity index (χ3n) is 5.82. The Balaban J connectivity index is 1.70. The van der Waals surface area contributed by atoms with Crippen molar-refractivity contribution >= 4 is 31.2 Å². The first-order valence-corrected chi connectivity index (χ1v) is 12.9. The first-order chi connectivity index (χ1) is 13.6. The van der Waals surface area contributed by atoms with Crippen LogP contribution in [0.1, 0.15) is 67.2 Å². The van der Waals surface area contributed by atoms with Gasteiger partial charge in [-0.05, 0) is 78.7 Å². The Labute approximate surface area is 184 Å². The summed E-state index contributed by atoms with van der Waals surface area (Å²) in [6.45, 7) is 15.3. The SMILES string of the molecule is CC(C)(C)N1[C@@H]2CCCC[C@H]2N(C(C)(C)C)P1CCNC(=S)Nc1ccccc1. The second-order valence-electron chi connectivity index (χ2n) is 10.3. The highest BCUT2D eigenvalue weighted by Crippen LogP contribution is 2.62. The van der Waals surface area contributed by atoms with Crippen LogP contribution in [0.3, 0.4) is 0 Å². The Bertz CT molecular complexity index is 652. The molecule has 1 heterocycles. The van der Waals surface area contributed by atoms with Gasteiger partial charge < -0.3 is 10.6 Å². The highest BCUT2D eigenvalue weighted by Gasteiger charge is 2.54. The smallest absolute Gasteiger partial charge is 0.170 e. The van der Waals surface area contributed by atoms with Crippen LogP contribution in [0.5, 0.6) is 0 Å². The second-order valence-corrected chi connectivity index (χ2v) is 12.8. The minimum Gasteiger partial charge on any atom is -0.362 e. The second kappa shape index (κ2) is 9.18. The molecule has 2 aliphatic rings. The summed E-state index contributed by atoms with van der Waals surface area (Å²) in [5, 5.41) is 7.48. The van der Waals surface area contributed by atoms with Crippen LogP contribution in [0.15, 0.2) is 30.3 Å². The number of hydrogen-bond donors (Lipinski definition) is 2. The van der Waals surface area contributed by atoms with E-state index >= 15 is 0 Å². The van der Waals surface area contributed by atoms with Gasteiger partial charge in [0, 0.05) is 49.8 Å². The summed E-state index contributed by atoms with van der Waals surface area (Å²) < 4.78 is 5.76. The lowest BCUT2D eigenvalue weighted by molar-refractivity contribution is 0.118. The summed E-state index contributed by atoms with van der Waals surface area (Å²) in [6, 6.07) is 11.6. The van der Waals surface area contributed by atoms with E-state index < -0.39 is 0 Å². The third kappa shape index (κ3) is 5.50. The van der Waals surface area contributed by atoms with Crippen molar-refractivity contribution in [2.75, 3.05) is 18.0 Å². The highest BCUT2D eigenvalue weighted by atomic mass is 32.1. The van der Waals surface area contributed by atoms with E-state index in [9.17, 15) is 0 Å². The Morgan fingerprint density at radius 1 is 0.966 bits per heavy atom. The van der Waals surface area contributed by atoms with Crippen LogP contribution in [0.2, 0.25) is 0 Å². The number of hydrogen-bond acceptors (Lipinski definition) is 3. The normalized spacial score (nSPS) is 24.3. The molecule has 29 heavy (non-hydrogen) atoms. The maximum atomic E-state index is 5.54. The van der Waals surface area contributed by atoms with Crippen molar-refractivity contribution in [1.29, 1.82) is 0 Å². The highest BCUT2D eigenvalue weighted by molar-refractivity contribution is 7.80. The van der Waals surface area contributed by atoms with Gasteiger partial charge >= 0.3 is 0 Å². The first-order valence-electron chi connectivity index (χ1n) is 11.0. The number of benzene rings is 1. The van der Waals surface area contributed by atoms with Crippen LogP contribution in [-0.4, -0.2) is 50.3 Å². The Kier molecular flexibility index (Phi) is 7.26. The van der Waals surface area contributed by atoms with Gasteiger partial charge in [0.1, 0.15) is 0 Å². The lowest BCUT2D eigenvalue weighted by Crippen LogP contribution is -2.48. The zero-order valence-electron chi connectivity index (χ0n) is 19.0. The monoisotopic (exact) mass is 434 g/mol. The van der Waals surface area contributed by atoms with Gasteiger partial charge in [-0.1, -0.05) is 31.0 Å². The summed E-state index contributed by atoms with van der Waals surface area (Å²) in [5.41, 5.74) is 1.42. The molecule has 1 saturated carbocycles. The van der Waals surface area contributed by atoms with Gasteiger partial charge in [0.05, 0.1) is 0 Å². The molecule has 1 aromatic rings. The van der Waals surface area contributed by atoms with Crippen LogP contribution >= 0.6 is 20.4 Å². The van der Waals surface area contributed by atoms with Crippen molar-refractivity contribution in [2.45, 2.75) is 90.4 Å². The van der Waals surface area contributed by atoms with Crippen molar-refractivity contribution in [3.8, 4) is 0 Å². The van der Waals surface area contributed by atoms with E-state index in [1.54, 1.807) is 0 Å². The van der Waals surface area contributed by atoms with E-state index in [2.05, 4.69) is 61.5 Å². The maximum absolute atomic E-state index is 5.54. The quantitative estimate of drug-likeness (QED) is 0.461. The van der Waals surface area contributed by atoms with Crippen molar-refractivity contribution in [1.82, 2.24) is 14.7 Å². The Hall–Kier alpha value is -0.740. The number of nitrogens with zero attached hydrogens (tertiary/aromatic N) is 2. The van der Waals surface area contributed by atoms with E-state index in [1.165, 1.54) is 25.7 Å². The fraction of sp³-hybridized carbons (Fsp3) is 0.696. The number of para-hydroxylation sites is 1. The molecule has 3 rings (SSSR count). The lowest BCUT2D eigenvalue weighted by Gasteiger charge is -2.44. The van der Waals surface area contributed by atoms with Gasteiger partial charge in [-0.2, -0.15) is 0 Å². The van der Waals surface area contributed by atoms with Crippen LogP contribution in [0.25, 0.3) is 0 Å². The molecule has 6 heteroatoms. The molecule has 4 nitrogen and oxygen atoms in total. The van der Waals surface area contributed by atoms with E-state index in [0.29, 0.717) is 17.2 Å². The van der Waals surface area contributed by atoms with Gasteiger partial charge in [0.2, 0.25) is 0 Å². The Morgan fingerprint density at radius 2 is 1.48 bits per heavy atom. The topological polar surface area (TPSA) is 30.5 Å². The van der Waals surface area contributed by atoms with E-state index in [-0.39, 0.29) is 19.3 Å². The van der Waals surface area contributed by atoms with E-state index in [4.69, 9.17) is 12.2 Å². The number of rotatable bonds is 4. The average molecular weight is 435 g/mol. The lowest BCUT2D eigenvalue weighted by atomic mass is 9.87. The van der Waals surface area contributed by atoms with Gasteiger partial charge in [0.25, 0.3) is 0 Å². The molecule has 1 saturated heterocycles. The molecule has 0 unspecified atom stereocenters. The molecule has 2 N–H and O–H groups in total. The number of anilines is 1. The van der Waals surface area contributed by atoms with Crippen LogP contribution in [0, 0.1) is 0 Å². The van der Waals surface area contributed by atoms with Crippen molar-refractivity contribution in [2.24, 2.45) is 0 Å². The predicted molar refractivity (Wildman–Crippen MR) is 132 cm³/mol. The molecule has 162 valence electrons. The van der Waals surface area contributed by atoms with E-state index in [0.717, 1.165) is 18.4 Å². The fourth-order valence-electron chi connectivity index (χ4n) is 4.98. The zero-order valence-corrected chi connectivity index (χ0v) is 20.7. The molecular weight excluding hydrogens is 395 g/mol. The minimum atomic E-state index is -0.372. The molecular formula is C23H39N4PS. The largest absolute Gasteiger partial charge is 0.362 e. The van der Waals surface area contributed by atoms with Gasteiger partial charge in [-0.3, -0.25) is 9.34 Å². The number of nitrogens with one attached hydrogen (secondary N) is 2. The molecule has 0 aromatic heterocycles. The van der Waals surface area contributed by atoms with Gasteiger partial charge in [-0.25, -0.2) is 0 Å². The molecule has 1 aliphatic carbocycles. The van der Waals surface area contributed by atoms with Crippen molar-refractivity contribution < 1.29 is 0 Å². The minimum absolute atomic E-state index is 0.189. The summed E-state index contributed by atoms with van der Waals surface area (Å²) in [4.78, 5) is 0. The number of thiocarbonyl (C=S) groups is 1. The number of fused-ring (bicyclic) bond motifs is 1. The predicted octanol–water partition coefficient (Wildman–Crippen LogP) is 5.81. The third-order valence-corrected chi connectivity index (χ3v) is 9.48. The molecule has 1 aromatic carbocycles. The molecule has 0 spiro atoms. The Morgan fingerprint density at radius 3 is 1.97 bits per heavy atom. The van der Waals surface area contributed by atoms with Crippen LogP contribution in [-0.2, 0) is 0 Å². The van der Waals surface area contributed by atoms with Gasteiger partial charge in [0.15, 0.2) is 5.11 Å². The zero-order chi connectivity index (χ0) is 21.2. The summed E-state index contributed by atoms with van der Waals surface area (Å²) in [7, 11) is -0.372. The van der Waals surface area contributed by atoms with Gasteiger partial charge in [-0.15, -0.1) is 0 Å². The molecule has 0 amide bonds. The molecule has 0 radical (unpaired) electrons. The average Bonchev–Trinajstić information content (AvgIpc) is 2.97. The van der Waals surface area contributed by atoms with Crippen LogP contribution in [0.4, 0.5) is 5.69 Å². The summed E-state index contributed by atoms with van der Waals surface area (Å²) in [5.74, 6) is 0. The maximum Gasteiger partial charge on any atom is 0.170 e. The van der Waals surface area contributed by atoms with Crippen molar-refractivity contribution in [3.05, 3.63) is 30.3 Å². The van der Waals surface area contributed by atoms with Crippen molar-refractivity contribution in [3.63, 3.8) is 0 Å². The molecule has 2 fully saturated rings. The van der Waals surface area contributed by atoms with Crippen LogP contribution < -0.4 is 10.6 Å². The summed E-state index contributed by atoms with van der Waals surface area (Å²) >= 11 is 5.54. The molecule has 1 aliphatic heterocycles. The molecule has 2 atom stereocenters. The van der Waals surface area contributed by atoms with E-state index in [1.807, 2.05) is 30.3 Å². The summed E-state index contributed by atoms with van der Waals surface area (Å²) in [6.07, 6.45) is 6.56.